The molecule has 0 saturated carbocycles. The molecule has 0 spiro atoms. The smallest absolute Gasteiger partial charge is 0.122 e. The quantitative estimate of drug-likeness (QED) is 0.700. The third kappa shape index (κ3) is 3.47. The Morgan fingerprint density at radius 2 is 1.85 bits per heavy atom. The topological polar surface area (TPSA) is 18.5 Å². The molecule has 0 bridgehead atoms. The van der Waals surface area contributed by atoms with Crippen LogP contribution in [-0.4, -0.2) is 14.2 Å². The lowest BCUT2D eigenvalue weighted by Gasteiger charge is -2.15. The molecule has 2 rings (SSSR count). The van der Waals surface area contributed by atoms with Gasteiger partial charge in [0, 0.05) is 9.85 Å². The van der Waals surface area contributed by atoms with Gasteiger partial charge in [0.25, 0.3) is 0 Å². The summed E-state index contributed by atoms with van der Waals surface area (Å²) in [5.74, 6) is 1.65. The van der Waals surface area contributed by atoms with Crippen LogP contribution in [0.15, 0.2) is 42.5 Å². The van der Waals surface area contributed by atoms with Crippen molar-refractivity contribution < 1.29 is 9.47 Å². The van der Waals surface area contributed by atoms with E-state index in [-0.39, 0.29) is 4.83 Å². The van der Waals surface area contributed by atoms with Crippen molar-refractivity contribution in [2.45, 2.75) is 11.2 Å². The van der Waals surface area contributed by atoms with E-state index >= 15 is 0 Å². The van der Waals surface area contributed by atoms with Gasteiger partial charge in [0.05, 0.1) is 14.2 Å². The molecule has 0 N–H and O–H groups in total. The second kappa shape index (κ2) is 7.00. The Balaban J connectivity index is 2.21. The molecule has 0 heterocycles. The average Bonchev–Trinajstić information content (AvgIpc) is 2.47. The van der Waals surface area contributed by atoms with Crippen molar-refractivity contribution in [2.75, 3.05) is 14.2 Å². The monoisotopic (exact) mass is 354 g/mol. The normalized spacial score (nSPS) is 12.0. The Hall–Kier alpha value is -1.19. The van der Waals surface area contributed by atoms with E-state index in [4.69, 9.17) is 21.1 Å². The van der Waals surface area contributed by atoms with Crippen LogP contribution in [0.3, 0.4) is 0 Å². The summed E-state index contributed by atoms with van der Waals surface area (Å²) in [6, 6.07) is 13.7. The maximum Gasteiger partial charge on any atom is 0.122 e. The van der Waals surface area contributed by atoms with E-state index in [9.17, 15) is 0 Å². The van der Waals surface area contributed by atoms with E-state index in [1.54, 1.807) is 14.2 Å². The number of benzene rings is 2. The van der Waals surface area contributed by atoms with Crippen LogP contribution in [0.4, 0.5) is 0 Å². The number of para-hydroxylation sites is 1. The van der Waals surface area contributed by atoms with Crippen molar-refractivity contribution >= 4 is 27.5 Å². The van der Waals surface area contributed by atoms with Gasteiger partial charge in [-0.15, -0.1) is 0 Å². The molecule has 0 aliphatic carbocycles. The number of hydrogen-bond acceptors (Lipinski definition) is 2. The lowest BCUT2D eigenvalue weighted by molar-refractivity contribution is 0.409. The highest BCUT2D eigenvalue weighted by molar-refractivity contribution is 9.09. The van der Waals surface area contributed by atoms with Crippen LogP contribution < -0.4 is 9.47 Å². The second-order valence-electron chi connectivity index (χ2n) is 4.37. The third-order valence-electron chi connectivity index (χ3n) is 3.14. The van der Waals surface area contributed by atoms with Crippen molar-refractivity contribution in [1.29, 1.82) is 0 Å². The fourth-order valence-corrected chi connectivity index (χ4v) is 3.25. The van der Waals surface area contributed by atoms with Crippen molar-refractivity contribution in [3.63, 3.8) is 0 Å². The molecule has 0 fully saturated rings. The maximum atomic E-state index is 6.30. The van der Waals surface area contributed by atoms with E-state index in [0.717, 1.165) is 29.0 Å². The molecule has 0 radical (unpaired) electrons. The zero-order valence-electron chi connectivity index (χ0n) is 11.4. The molecule has 4 heteroatoms. The van der Waals surface area contributed by atoms with Crippen LogP contribution in [0.1, 0.15) is 16.0 Å². The molecule has 20 heavy (non-hydrogen) atoms. The molecule has 106 valence electrons. The Morgan fingerprint density at radius 3 is 2.50 bits per heavy atom. The van der Waals surface area contributed by atoms with Gasteiger partial charge >= 0.3 is 0 Å². The highest BCUT2D eigenvalue weighted by Crippen LogP contribution is 2.36. The summed E-state index contributed by atoms with van der Waals surface area (Å²) in [7, 11) is 3.31. The highest BCUT2D eigenvalue weighted by Gasteiger charge is 2.15. The predicted octanol–water partition coefficient (Wildman–Crippen LogP) is 5.04. The van der Waals surface area contributed by atoms with E-state index in [1.807, 2.05) is 36.4 Å². The Labute approximate surface area is 132 Å². The SMILES string of the molecule is COc1ccc(C(Br)Cc2ccccc2OC)c(Cl)c1. The summed E-state index contributed by atoms with van der Waals surface area (Å²) >= 11 is 10.0. The molecule has 0 saturated heterocycles. The summed E-state index contributed by atoms with van der Waals surface area (Å²) in [6.07, 6.45) is 0.802. The lowest BCUT2D eigenvalue weighted by Crippen LogP contribution is -1.99. The predicted molar refractivity (Wildman–Crippen MR) is 86.4 cm³/mol. The van der Waals surface area contributed by atoms with Crippen molar-refractivity contribution in [2.24, 2.45) is 0 Å². The van der Waals surface area contributed by atoms with E-state index in [1.165, 1.54) is 0 Å². The number of hydrogen-bond donors (Lipinski definition) is 0. The van der Waals surface area contributed by atoms with Crippen LogP contribution in [-0.2, 0) is 6.42 Å². The number of halogens is 2. The standard InChI is InChI=1S/C16H16BrClO2/c1-19-12-7-8-13(15(18)10-12)14(17)9-11-5-3-4-6-16(11)20-2/h3-8,10,14H,9H2,1-2H3. The molecule has 2 aromatic carbocycles. The van der Waals surface area contributed by atoms with Crippen LogP contribution >= 0.6 is 27.5 Å². The van der Waals surface area contributed by atoms with Gasteiger partial charge in [0.1, 0.15) is 11.5 Å². The number of rotatable bonds is 5. The Morgan fingerprint density at radius 1 is 1.10 bits per heavy atom. The maximum absolute atomic E-state index is 6.30. The van der Waals surface area contributed by atoms with Crippen LogP contribution in [0.2, 0.25) is 5.02 Å². The first kappa shape index (κ1) is 15.2. The van der Waals surface area contributed by atoms with Crippen LogP contribution in [0, 0.1) is 0 Å². The van der Waals surface area contributed by atoms with Crippen LogP contribution in [0.5, 0.6) is 11.5 Å². The summed E-state index contributed by atoms with van der Waals surface area (Å²) in [4.78, 5) is 0.122. The van der Waals surface area contributed by atoms with Gasteiger partial charge in [-0.05, 0) is 35.7 Å². The zero-order chi connectivity index (χ0) is 14.5. The minimum atomic E-state index is 0.122. The summed E-state index contributed by atoms with van der Waals surface area (Å²) < 4.78 is 10.5. The molecular formula is C16H16BrClO2. The minimum absolute atomic E-state index is 0.122. The molecule has 2 nitrogen and oxygen atoms in total. The van der Waals surface area contributed by atoms with Crippen molar-refractivity contribution in [3.8, 4) is 11.5 Å². The number of ether oxygens (including phenoxy) is 2. The Kier molecular flexibility index (Phi) is 5.32. The molecule has 0 amide bonds. The lowest BCUT2D eigenvalue weighted by atomic mass is 10.0. The van der Waals surface area contributed by atoms with Gasteiger partial charge in [-0.2, -0.15) is 0 Å². The molecule has 2 aromatic rings. The molecule has 0 aliphatic rings. The minimum Gasteiger partial charge on any atom is -0.497 e. The fraction of sp³-hybridized carbons (Fsp3) is 0.250. The van der Waals surface area contributed by atoms with Gasteiger partial charge in [0.2, 0.25) is 0 Å². The van der Waals surface area contributed by atoms with Gasteiger partial charge in [-0.25, -0.2) is 0 Å². The van der Waals surface area contributed by atoms with E-state index in [0.29, 0.717) is 5.02 Å². The number of alkyl halides is 1. The first-order valence-corrected chi connectivity index (χ1v) is 7.54. The first-order valence-electron chi connectivity index (χ1n) is 6.25. The Bertz CT molecular complexity index is 586. The molecular weight excluding hydrogens is 340 g/mol. The molecule has 0 aliphatic heterocycles. The molecule has 1 atom stereocenters. The van der Waals surface area contributed by atoms with Crippen molar-refractivity contribution in [1.82, 2.24) is 0 Å². The van der Waals surface area contributed by atoms with E-state index in [2.05, 4.69) is 22.0 Å². The summed E-state index contributed by atoms with van der Waals surface area (Å²) in [5.41, 5.74) is 2.18. The van der Waals surface area contributed by atoms with Crippen LogP contribution in [0.25, 0.3) is 0 Å². The van der Waals surface area contributed by atoms with Gasteiger partial charge < -0.3 is 9.47 Å². The van der Waals surface area contributed by atoms with Gasteiger partial charge in [-0.1, -0.05) is 51.8 Å². The third-order valence-corrected chi connectivity index (χ3v) is 4.28. The number of methoxy groups -OCH3 is 2. The average molecular weight is 356 g/mol. The van der Waals surface area contributed by atoms with Crippen molar-refractivity contribution in [3.05, 3.63) is 58.6 Å². The molecule has 0 aromatic heterocycles. The zero-order valence-corrected chi connectivity index (χ0v) is 13.7. The largest absolute Gasteiger partial charge is 0.497 e. The highest BCUT2D eigenvalue weighted by atomic mass is 79.9. The second-order valence-corrected chi connectivity index (χ2v) is 5.88. The van der Waals surface area contributed by atoms with Gasteiger partial charge in [-0.3, -0.25) is 0 Å². The van der Waals surface area contributed by atoms with Gasteiger partial charge in [0.15, 0.2) is 0 Å². The molecule has 1 unspecified atom stereocenters. The summed E-state index contributed by atoms with van der Waals surface area (Å²) in [5, 5.41) is 0.695. The fourth-order valence-electron chi connectivity index (χ4n) is 2.06. The summed E-state index contributed by atoms with van der Waals surface area (Å²) in [6.45, 7) is 0. The van der Waals surface area contributed by atoms with E-state index < -0.39 is 0 Å². The first-order chi connectivity index (χ1) is 9.65.